The van der Waals surface area contributed by atoms with Gasteiger partial charge in [0.15, 0.2) is 5.76 Å². The molecule has 2 amide bonds. The molecule has 0 fully saturated rings. The highest BCUT2D eigenvalue weighted by Crippen LogP contribution is 2.37. The van der Waals surface area contributed by atoms with Crippen molar-refractivity contribution < 1.29 is 18.7 Å². The van der Waals surface area contributed by atoms with Crippen molar-refractivity contribution in [3.63, 3.8) is 0 Å². The number of rotatable bonds is 8. The fourth-order valence-corrected chi connectivity index (χ4v) is 4.19. The molecule has 6 nitrogen and oxygen atoms in total. The van der Waals surface area contributed by atoms with Gasteiger partial charge in [-0.25, -0.2) is 0 Å². The molecule has 0 aliphatic heterocycles. The molecule has 3 aromatic carbocycles. The zero-order valence-electron chi connectivity index (χ0n) is 17.9. The van der Waals surface area contributed by atoms with Gasteiger partial charge in [0.1, 0.15) is 11.0 Å². The molecule has 4 rings (SSSR count). The van der Waals surface area contributed by atoms with Crippen molar-refractivity contribution in [1.82, 2.24) is 0 Å². The standard InChI is InChI=1S/C26H22N2O4S/c1-31-21-10-5-9-20(17-21)28-26(30)24(18-7-3-2-4-8-18)33-22-14-12-19(13-15-22)27-25(29)23-11-6-16-32-23/h2-17,24H,1H3,(H,27,29)(H,28,30). The molecule has 0 saturated heterocycles. The Kier molecular flexibility index (Phi) is 7.12. The van der Waals surface area contributed by atoms with E-state index in [9.17, 15) is 9.59 Å². The van der Waals surface area contributed by atoms with Crippen LogP contribution in [0.2, 0.25) is 0 Å². The van der Waals surface area contributed by atoms with E-state index in [0.717, 1.165) is 10.5 Å². The van der Waals surface area contributed by atoms with E-state index in [0.29, 0.717) is 17.1 Å². The normalized spacial score (nSPS) is 11.4. The van der Waals surface area contributed by atoms with Crippen LogP contribution in [0.15, 0.2) is 107 Å². The van der Waals surface area contributed by atoms with Crippen LogP contribution in [0.25, 0.3) is 0 Å². The highest BCUT2D eigenvalue weighted by Gasteiger charge is 2.22. The van der Waals surface area contributed by atoms with Gasteiger partial charge in [-0.15, -0.1) is 11.8 Å². The smallest absolute Gasteiger partial charge is 0.291 e. The van der Waals surface area contributed by atoms with E-state index in [1.807, 2.05) is 60.7 Å². The first-order valence-corrected chi connectivity index (χ1v) is 11.1. The van der Waals surface area contributed by atoms with Crippen LogP contribution in [0.1, 0.15) is 21.4 Å². The topological polar surface area (TPSA) is 80.6 Å². The lowest BCUT2D eigenvalue weighted by molar-refractivity contribution is -0.115. The monoisotopic (exact) mass is 458 g/mol. The van der Waals surface area contributed by atoms with E-state index in [1.54, 1.807) is 37.4 Å². The van der Waals surface area contributed by atoms with Crippen LogP contribution in [-0.2, 0) is 4.79 Å². The third kappa shape index (κ3) is 5.84. The van der Waals surface area contributed by atoms with Gasteiger partial charge in [-0.1, -0.05) is 36.4 Å². The zero-order valence-corrected chi connectivity index (χ0v) is 18.7. The molecule has 166 valence electrons. The molecule has 0 saturated carbocycles. The van der Waals surface area contributed by atoms with Crippen molar-refractivity contribution in [3.05, 3.63) is 109 Å². The van der Waals surface area contributed by atoms with E-state index in [-0.39, 0.29) is 17.6 Å². The average molecular weight is 459 g/mol. The highest BCUT2D eigenvalue weighted by molar-refractivity contribution is 8.00. The van der Waals surface area contributed by atoms with Gasteiger partial charge < -0.3 is 19.8 Å². The van der Waals surface area contributed by atoms with Gasteiger partial charge in [0.25, 0.3) is 5.91 Å². The number of carbonyl (C=O) groups excluding carboxylic acids is 2. The van der Waals surface area contributed by atoms with Gasteiger partial charge in [-0.2, -0.15) is 0 Å². The van der Waals surface area contributed by atoms with Crippen molar-refractivity contribution in [2.75, 3.05) is 17.7 Å². The van der Waals surface area contributed by atoms with Crippen LogP contribution < -0.4 is 15.4 Å². The summed E-state index contributed by atoms with van der Waals surface area (Å²) >= 11 is 1.43. The molecule has 0 aliphatic rings. The van der Waals surface area contributed by atoms with Crippen molar-refractivity contribution in [2.24, 2.45) is 0 Å². The van der Waals surface area contributed by atoms with Gasteiger partial charge in [0, 0.05) is 22.3 Å². The lowest BCUT2D eigenvalue weighted by Crippen LogP contribution is -2.19. The number of carbonyl (C=O) groups is 2. The van der Waals surface area contributed by atoms with Crippen molar-refractivity contribution in [3.8, 4) is 5.75 Å². The van der Waals surface area contributed by atoms with Crippen molar-refractivity contribution in [2.45, 2.75) is 10.1 Å². The van der Waals surface area contributed by atoms with Crippen LogP contribution >= 0.6 is 11.8 Å². The number of amides is 2. The summed E-state index contributed by atoms with van der Waals surface area (Å²) in [6, 6.07) is 27.5. The summed E-state index contributed by atoms with van der Waals surface area (Å²) in [7, 11) is 1.59. The lowest BCUT2D eigenvalue weighted by Gasteiger charge is -2.17. The first-order chi connectivity index (χ1) is 16.1. The average Bonchev–Trinajstić information content (AvgIpc) is 3.39. The third-order valence-corrected chi connectivity index (χ3v) is 6.06. The Balaban J connectivity index is 1.49. The number of anilines is 2. The maximum atomic E-state index is 13.2. The predicted molar refractivity (Wildman–Crippen MR) is 130 cm³/mol. The number of methoxy groups -OCH3 is 1. The quantitative estimate of drug-likeness (QED) is 0.316. The Morgan fingerprint density at radius 3 is 2.33 bits per heavy atom. The summed E-state index contributed by atoms with van der Waals surface area (Å²) < 4.78 is 10.4. The number of thioether (sulfide) groups is 1. The summed E-state index contributed by atoms with van der Waals surface area (Å²) in [6.45, 7) is 0. The molecule has 0 aliphatic carbocycles. The fourth-order valence-electron chi connectivity index (χ4n) is 3.16. The number of furan rings is 1. The Bertz CT molecular complexity index is 1210. The zero-order chi connectivity index (χ0) is 23.0. The lowest BCUT2D eigenvalue weighted by atomic mass is 10.1. The SMILES string of the molecule is COc1cccc(NC(=O)C(Sc2ccc(NC(=O)c3ccco3)cc2)c2ccccc2)c1. The number of ether oxygens (including phenoxy) is 1. The van der Waals surface area contributed by atoms with Crippen LogP contribution in [0, 0.1) is 0 Å². The minimum Gasteiger partial charge on any atom is -0.497 e. The second kappa shape index (κ2) is 10.6. The number of hydrogen-bond acceptors (Lipinski definition) is 5. The fraction of sp³-hybridized carbons (Fsp3) is 0.0769. The molecule has 1 heterocycles. The Morgan fingerprint density at radius 2 is 1.64 bits per heavy atom. The molecule has 0 bridgehead atoms. The molecule has 4 aromatic rings. The molecule has 1 aromatic heterocycles. The van der Waals surface area contributed by atoms with Crippen LogP contribution in [0.3, 0.4) is 0 Å². The number of nitrogens with one attached hydrogen (secondary N) is 2. The summed E-state index contributed by atoms with van der Waals surface area (Å²) in [5.41, 5.74) is 2.19. The van der Waals surface area contributed by atoms with Gasteiger partial charge in [-0.05, 0) is 54.1 Å². The molecule has 1 atom stereocenters. The van der Waals surface area contributed by atoms with Crippen LogP contribution in [0.5, 0.6) is 5.75 Å². The molecular weight excluding hydrogens is 436 g/mol. The molecule has 2 N–H and O–H groups in total. The van der Waals surface area contributed by atoms with E-state index >= 15 is 0 Å². The summed E-state index contributed by atoms with van der Waals surface area (Å²) in [5, 5.41) is 5.30. The van der Waals surface area contributed by atoms with Crippen LogP contribution in [0.4, 0.5) is 11.4 Å². The van der Waals surface area contributed by atoms with Gasteiger partial charge >= 0.3 is 0 Å². The van der Waals surface area contributed by atoms with E-state index in [2.05, 4.69) is 10.6 Å². The van der Waals surface area contributed by atoms with E-state index in [1.165, 1.54) is 18.0 Å². The highest BCUT2D eigenvalue weighted by atomic mass is 32.2. The van der Waals surface area contributed by atoms with Gasteiger partial charge in [0.2, 0.25) is 5.91 Å². The van der Waals surface area contributed by atoms with Crippen molar-refractivity contribution in [1.29, 1.82) is 0 Å². The maximum absolute atomic E-state index is 13.2. The third-order valence-electron chi connectivity index (χ3n) is 4.79. The molecule has 0 radical (unpaired) electrons. The Labute approximate surface area is 196 Å². The molecule has 0 spiro atoms. The van der Waals surface area contributed by atoms with E-state index < -0.39 is 5.25 Å². The Hall–Kier alpha value is -3.97. The van der Waals surface area contributed by atoms with E-state index in [4.69, 9.17) is 9.15 Å². The number of hydrogen-bond donors (Lipinski definition) is 2. The Morgan fingerprint density at radius 1 is 0.848 bits per heavy atom. The minimum absolute atomic E-state index is 0.144. The first kappa shape index (κ1) is 22.2. The molecular formula is C26H22N2O4S. The summed E-state index contributed by atoms with van der Waals surface area (Å²) in [4.78, 5) is 26.3. The molecule has 7 heteroatoms. The maximum Gasteiger partial charge on any atom is 0.291 e. The first-order valence-electron chi connectivity index (χ1n) is 10.2. The van der Waals surface area contributed by atoms with Crippen molar-refractivity contribution >= 4 is 35.0 Å². The number of benzene rings is 3. The largest absolute Gasteiger partial charge is 0.497 e. The van der Waals surface area contributed by atoms with Gasteiger partial charge in [-0.3, -0.25) is 9.59 Å². The van der Waals surface area contributed by atoms with Crippen LogP contribution in [-0.4, -0.2) is 18.9 Å². The summed E-state index contributed by atoms with van der Waals surface area (Å²) in [6.07, 6.45) is 1.45. The minimum atomic E-state index is -0.471. The summed E-state index contributed by atoms with van der Waals surface area (Å²) in [5.74, 6) is 0.450. The molecule has 1 unspecified atom stereocenters. The second-order valence-electron chi connectivity index (χ2n) is 7.09. The predicted octanol–water partition coefficient (Wildman–Crippen LogP) is 6.01. The molecule has 33 heavy (non-hydrogen) atoms. The second-order valence-corrected chi connectivity index (χ2v) is 8.26. The van der Waals surface area contributed by atoms with Gasteiger partial charge in [0.05, 0.1) is 13.4 Å².